The van der Waals surface area contributed by atoms with Gasteiger partial charge in [0.05, 0.1) is 17.8 Å². The van der Waals surface area contributed by atoms with E-state index in [1.165, 1.54) is 12.1 Å². The van der Waals surface area contributed by atoms with Gasteiger partial charge in [0.2, 0.25) is 0 Å². The third-order valence-corrected chi connectivity index (χ3v) is 3.79. The lowest BCUT2D eigenvalue weighted by molar-refractivity contribution is 0.286. The fourth-order valence-electron chi connectivity index (χ4n) is 1.73. The fraction of sp³-hybridized carbons (Fsp3) is 0.200. The standard InChI is InChI=1S/C15H13F2IO3/c1-19-10-5-9(6-11(7-10)20-2)8-21-13-4-3-12(16)15(18)14(13)17/h3-7H,8H2,1-2H3. The van der Waals surface area contributed by atoms with E-state index in [1.807, 2.05) is 0 Å². The molecule has 0 unspecified atom stereocenters. The molecule has 6 heteroatoms. The minimum atomic E-state index is -0.703. The number of halogens is 3. The Morgan fingerprint density at radius 1 is 1.00 bits per heavy atom. The zero-order valence-electron chi connectivity index (χ0n) is 11.5. The molecule has 0 atom stereocenters. The Kier molecular flexibility index (Phi) is 5.22. The fourth-order valence-corrected chi connectivity index (χ4v) is 2.18. The first-order chi connectivity index (χ1) is 10.0. The van der Waals surface area contributed by atoms with Gasteiger partial charge in [-0.15, -0.1) is 0 Å². The van der Waals surface area contributed by atoms with E-state index in [0.29, 0.717) is 11.5 Å². The molecule has 0 bridgehead atoms. The molecule has 0 saturated heterocycles. The lowest BCUT2D eigenvalue weighted by atomic mass is 10.2. The molecule has 0 aliphatic carbocycles. The second kappa shape index (κ2) is 6.93. The van der Waals surface area contributed by atoms with E-state index >= 15 is 0 Å². The van der Waals surface area contributed by atoms with E-state index in [9.17, 15) is 8.78 Å². The van der Waals surface area contributed by atoms with Gasteiger partial charge in [-0.3, -0.25) is 0 Å². The summed E-state index contributed by atoms with van der Waals surface area (Å²) in [5, 5.41) is 0. The van der Waals surface area contributed by atoms with Crippen LogP contribution >= 0.6 is 22.6 Å². The highest BCUT2D eigenvalue weighted by atomic mass is 127. The van der Waals surface area contributed by atoms with Crippen LogP contribution in [0.15, 0.2) is 30.3 Å². The maximum absolute atomic E-state index is 13.8. The van der Waals surface area contributed by atoms with Crippen LogP contribution in [0.1, 0.15) is 5.56 Å². The molecular formula is C15H13F2IO3. The van der Waals surface area contributed by atoms with Crippen LogP contribution in [0, 0.1) is 15.2 Å². The quantitative estimate of drug-likeness (QED) is 0.551. The summed E-state index contributed by atoms with van der Waals surface area (Å²) in [6.45, 7) is 0.117. The Bertz CT molecular complexity index is 625. The van der Waals surface area contributed by atoms with Gasteiger partial charge in [-0.25, -0.2) is 8.78 Å². The second-order valence-electron chi connectivity index (χ2n) is 4.18. The lowest BCUT2D eigenvalue weighted by Gasteiger charge is -2.11. The number of methoxy groups -OCH3 is 2. The molecule has 0 aromatic heterocycles. The van der Waals surface area contributed by atoms with Gasteiger partial charge in [-0.2, -0.15) is 0 Å². The van der Waals surface area contributed by atoms with Crippen molar-refractivity contribution in [2.75, 3.05) is 14.2 Å². The van der Waals surface area contributed by atoms with Gasteiger partial charge >= 0.3 is 0 Å². The smallest absolute Gasteiger partial charge is 0.181 e. The van der Waals surface area contributed by atoms with Gasteiger partial charge in [0.15, 0.2) is 11.6 Å². The summed E-state index contributed by atoms with van der Waals surface area (Å²) in [5.41, 5.74) is 0.755. The van der Waals surface area contributed by atoms with Gasteiger partial charge in [0, 0.05) is 6.07 Å². The van der Waals surface area contributed by atoms with Gasteiger partial charge in [0.1, 0.15) is 23.9 Å². The summed E-state index contributed by atoms with van der Waals surface area (Å²) in [5.74, 6) is -0.0826. The minimum Gasteiger partial charge on any atom is -0.497 e. The maximum atomic E-state index is 13.8. The summed E-state index contributed by atoms with van der Waals surface area (Å²) in [6, 6.07) is 7.69. The third kappa shape index (κ3) is 3.75. The molecule has 112 valence electrons. The number of hydrogen-bond donors (Lipinski definition) is 0. The van der Waals surface area contributed by atoms with E-state index < -0.39 is 11.6 Å². The van der Waals surface area contributed by atoms with E-state index in [2.05, 4.69) is 0 Å². The molecule has 0 heterocycles. The topological polar surface area (TPSA) is 27.7 Å². The Morgan fingerprint density at radius 2 is 1.62 bits per heavy atom. The van der Waals surface area contributed by atoms with Crippen molar-refractivity contribution >= 4 is 22.6 Å². The molecule has 0 N–H and O–H groups in total. The summed E-state index contributed by atoms with van der Waals surface area (Å²) in [7, 11) is 3.09. The minimum absolute atomic E-state index is 0.00240. The van der Waals surface area contributed by atoms with E-state index in [-0.39, 0.29) is 15.9 Å². The summed E-state index contributed by atoms with van der Waals surface area (Å²) < 4.78 is 42.6. The first-order valence-corrected chi connectivity index (χ1v) is 7.11. The van der Waals surface area contributed by atoms with Crippen molar-refractivity contribution in [3.63, 3.8) is 0 Å². The van der Waals surface area contributed by atoms with Crippen molar-refractivity contribution < 1.29 is 23.0 Å². The average molecular weight is 406 g/mol. The van der Waals surface area contributed by atoms with Crippen LogP contribution in [0.4, 0.5) is 8.78 Å². The monoisotopic (exact) mass is 406 g/mol. The van der Waals surface area contributed by atoms with E-state index in [1.54, 1.807) is 55.0 Å². The molecule has 0 aliphatic heterocycles. The average Bonchev–Trinajstić information content (AvgIpc) is 2.51. The van der Waals surface area contributed by atoms with Crippen molar-refractivity contribution in [3.8, 4) is 17.2 Å². The first-order valence-electron chi connectivity index (χ1n) is 6.03. The molecule has 0 fully saturated rings. The SMILES string of the molecule is COc1cc(COc2ccc(F)c(I)c2F)cc(OC)c1. The molecule has 2 rings (SSSR count). The van der Waals surface area contributed by atoms with Crippen LogP contribution < -0.4 is 14.2 Å². The largest absolute Gasteiger partial charge is 0.497 e. The van der Waals surface area contributed by atoms with Crippen LogP contribution in [0.2, 0.25) is 0 Å². The molecule has 0 aliphatic rings. The molecule has 0 amide bonds. The highest BCUT2D eigenvalue weighted by Gasteiger charge is 2.12. The number of benzene rings is 2. The van der Waals surface area contributed by atoms with Crippen LogP contribution in [0.5, 0.6) is 17.2 Å². The third-order valence-electron chi connectivity index (χ3n) is 2.81. The highest BCUT2D eigenvalue weighted by Crippen LogP contribution is 2.27. The number of ether oxygens (including phenoxy) is 3. The summed E-state index contributed by atoms with van der Waals surface area (Å²) >= 11 is 1.60. The lowest BCUT2D eigenvalue weighted by Crippen LogP contribution is -2.01. The van der Waals surface area contributed by atoms with E-state index in [4.69, 9.17) is 14.2 Å². The summed E-state index contributed by atoms with van der Waals surface area (Å²) in [6.07, 6.45) is 0. The molecule has 3 nitrogen and oxygen atoms in total. The van der Waals surface area contributed by atoms with Crippen LogP contribution in [-0.4, -0.2) is 14.2 Å². The molecule has 21 heavy (non-hydrogen) atoms. The zero-order valence-corrected chi connectivity index (χ0v) is 13.6. The molecule has 0 spiro atoms. The van der Waals surface area contributed by atoms with Gasteiger partial charge < -0.3 is 14.2 Å². The molecule has 2 aromatic carbocycles. The van der Waals surface area contributed by atoms with Crippen LogP contribution in [0.3, 0.4) is 0 Å². The molecular weight excluding hydrogens is 393 g/mol. The van der Waals surface area contributed by atoms with Gasteiger partial charge in [-0.1, -0.05) is 0 Å². The first kappa shape index (κ1) is 15.8. The van der Waals surface area contributed by atoms with Gasteiger partial charge in [-0.05, 0) is 52.4 Å². The Morgan fingerprint density at radius 3 is 2.19 bits per heavy atom. The van der Waals surface area contributed by atoms with Crippen molar-refractivity contribution in [3.05, 3.63) is 51.1 Å². The number of rotatable bonds is 5. The molecule has 0 radical (unpaired) electrons. The highest BCUT2D eigenvalue weighted by molar-refractivity contribution is 14.1. The maximum Gasteiger partial charge on any atom is 0.181 e. The van der Waals surface area contributed by atoms with E-state index in [0.717, 1.165) is 5.56 Å². The van der Waals surface area contributed by atoms with Crippen LogP contribution in [0.25, 0.3) is 0 Å². The summed E-state index contributed by atoms with van der Waals surface area (Å²) in [4.78, 5) is 0. The Hall–Kier alpha value is -1.57. The predicted molar refractivity (Wildman–Crippen MR) is 83.0 cm³/mol. The molecule has 2 aromatic rings. The molecule has 0 saturated carbocycles. The van der Waals surface area contributed by atoms with Crippen molar-refractivity contribution in [1.82, 2.24) is 0 Å². The van der Waals surface area contributed by atoms with Crippen molar-refractivity contribution in [1.29, 1.82) is 0 Å². The normalized spacial score (nSPS) is 10.3. The number of hydrogen-bond acceptors (Lipinski definition) is 3. The zero-order chi connectivity index (χ0) is 15.4. The Labute approximate surface area is 135 Å². The second-order valence-corrected chi connectivity index (χ2v) is 5.26. The van der Waals surface area contributed by atoms with Crippen molar-refractivity contribution in [2.24, 2.45) is 0 Å². The van der Waals surface area contributed by atoms with Crippen molar-refractivity contribution in [2.45, 2.75) is 6.61 Å². The predicted octanol–water partition coefficient (Wildman–Crippen LogP) is 4.17. The van der Waals surface area contributed by atoms with Gasteiger partial charge in [0.25, 0.3) is 0 Å². The van der Waals surface area contributed by atoms with Crippen LogP contribution in [-0.2, 0) is 6.61 Å². The Balaban J connectivity index is 2.18.